The van der Waals surface area contributed by atoms with Crippen LogP contribution in [-0.2, 0) is 16.0 Å². The first-order valence-corrected chi connectivity index (χ1v) is 9.38. The van der Waals surface area contributed by atoms with Crippen molar-refractivity contribution in [3.8, 4) is 11.5 Å². The second kappa shape index (κ2) is 7.53. The lowest BCUT2D eigenvalue weighted by Gasteiger charge is -2.39. The third-order valence-electron chi connectivity index (χ3n) is 5.36. The van der Waals surface area contributed by atoms with Gasteiger partial charge in [0, 0.05) is 18.5 Å². The molecule has 7 nitrogen and oxygen atoms in total. The van der Waals surface area contributed by atoms with Gasteiger partial charge in [0.15, 0.2) is 11.5 Å². The molecule has 26 heavy (non-hydrogen) atoms. The molecule has 2 heterocycles. The Labute approximate surface area is 152 Å². The van der Waals surface area contributed by atoms with Crippen LogP contribution in [0.2, 0.25) is 0 Å². The molecule has 1 aromatic rings. The van der Waals surface area contributed by atoms with E-state index >= 15 is 0 Å². The molecule has 140 valence electrons. The van der Waals surface area contributed by atoms with Gasteiger partial charge in [0.2, 0.25) is 11.8 Å². The Hall–Kier alpha value is -2.28. The number of amides is 2. The van der Waals surface area contributed by atoms with E-state index in [1.807, 2.05) is 18.2 Å². The molecule has 0 bridgehead atoms. The number of carbonyl (C=O) groups is 2. The third kappa shape index (κ3) is 3.77. The van der Waals surface area contributed by atoms with Crippen LogP contribution in [0.25, 0.3) is 0 Å². The average molecular weight is 359 g/mol. The fraction of sp³-hybridized carbons (Fsp3) is 0.579. The van der Waals surface area contributed by atoms with Gasteiger partial charge < -0.3 is 20.1 Å². The lowest BCUT2D eigenvalue weighted by atomic mass is 9.80. The van der Waals surface area contributed by atoms with Crippen LogP contribution in [-0.4, -0.2) is 43.8 Å². The molecule has 0 aromatic heterocycles. The molecular weight excluding hydrogens is 334 g/mol. The van der Waals surface area contributed by atoms with E-state index in [1.165, 1.54) is 0 Å². The summed E-state index contributed by atoms with van der Waals surface area (Å²) >= 11 is 0. The van der Waals surface area contributed by atoms with Crippen LogP contribution in [0.1, 0.15) is 31.2 Å². The maximum Gasteiger partial charge on any atom is 0.225 e. The minimum Gasteiger partial charge on any atom is -0.490 e. The summed E-state index contributed by atoms with van der Waals surface area (Å²) in [5.74, 6) is 1.46. The van der Waals surface area contributed by atoms with Crippen molar-refractivity contribution in [3.05, 3.63) is 23.8 Å². The Kier molecular flexibility index (Phi) is 4.97. The van der Waals surface area contributed by atoms with Gasteiger partial charge in [-0.3, -0.25) is 14.9 Å². The van der Waals surface area contributed by atoms with Crippen molar-refractivity contribution < 1.29 is 19.1 Å². The predicted octanol–water partition coefficient (Wildman–Crippen LogP) is 0.721. The summed E-state index contributed by atoms with van der Waals surface area (Å²) in [5.41, 5.74) is 0.900. The zero-order chi connectivity index (χ0) is 17.9. The summed E-state index contributed by atoms with van der Waals surface area (Å²) in [6.45, 7) is 1.82. The molecule has 3 N–H and O–H groups in total. The van der Waals surface area contributed by atoms with Gasteiger partial charge in [-0.1, -0.05) is 6.07 Å². The number of nitrogens with one attached hydrogen (secondary N) is 3. The molecule has 3 aliphatic rings. The Bertz CT molecular complexity index is 693. The van der Waals surface area contributed by atoms with E-state index in [1.54, 1.807) is 0 Å². The van der Waals surface area contributed by atoms with Crippen molar-refractivity contribution in [2.75, 3.05) is 19.9 Å². The lowest BCUT2D eigenvalue weighted by molar-refractivity contribution is -0.130. The van der Waals surface area contributed by atoms with Gasteiger partial charge in [-0.05, 0) is 37.0 Å². The molecule has 3 unspecified atom stereocenters. The van der Waals surface area contributed by atoms with Crippen molar-refractivity contribution in [2.45, 2.75) is 44.2 Å². The zero-order valence-electron chi connectivity index (χ0n) is 14.8. The topological polar surface area (TPSA) is 88.7 Å². The van der Waals surface area contributed by atoms with E-state index in [2.05, 4.69) is 16.0 Å². The predicted molar refractivity (Wildman–Crippen MR) is 95.0 cm³/mol. The number of fused-ring (bicyclic) bond motifs is 2. The van der Waals surface area contributed by atoms with Crippen LogP contribution >= 0.6 is 0 Å². The number of benzene rings is 1. The number of carbonyl (C=O) groups excluding carboxylic acids is 2. The monoisotopic (exact) mass is 359 g/mol. The Morgan fingerprint density at radius 2 is 2.04 bits per heavy atom. The van der Waals surface area contributed by atoms with Crippen molar-refractivity contribution in [2.24, 2.45) is 5.92 Å². The molecule has 7 heteroatoms. The highest BCUT2D eigenvalue weighted by Crippen LogP contribution is 2.31. The molecule has 1 aliphatic carbocycles. The van der Waals surface area contributed by atoms with Gasteiger partial charge in [0.1, 0.15) is 0 Å². The van der Waals surface area contributed by atoms with E-state index in [0.29, 0.717) is 38.5 Å². The first kappa shape index (κ1) is 17.1. The van der Waals surface area contributed by atoms with E-state index in [0.717, 1.165) is 30.6 Å². The maximum absolute atomic E-state index is 12.5. The SMILES string of the molecule is O=C(Cc1ccc2c(c1)OCCCO2)NC1CCC2NCNC(=O)C2C1. The number of rotatable bonds is 3. The molecule has 1 aromatic carbocycles. The Balaban J connectivity index is 1.34. The summed E-state index contributed by atoms with van der Waals surface area (Å²) < 4.78 is 11.3. The van der Waals surface area contributed by atoms with Crippen LogP contribution in [0.5, 0.6) is 11.5 Å². The molecule has 2 fully saturated rings. The Morgan fingerprint density at radius 1 is 1.19 bits per heavy atom. The highest BCUT2D eigenvalue weighted by atomic mass is 16.5. The molecule has 1 saturated carbocycles. The van der Waals surface area contributed by atoms with Gasteiger partial charge >= 0.3 is 0 Å². The van der Waals surface area contributed by atoms with Gasteiger partial charge in [-0.15, -0.1) is 0 Å². The molecule has 2 amide bonds. The van der Waals surface area contributed by atoms with Gasteiger partial charge in [0.25, 0.3) is 0 Å². The molecule has 1 saturated heterocycles. The summed E-state index contributed by atoms with van der Waals surface area (Å²) in [7, 11) is 0. The van der Waals surface area contributed by atoms with Crippen LogP contribution < -0.4 is 25.4 Å². The normalized spacial score (nSPS) is 27.7. The summed E-state index contributed by atoms with van der Waals surface area (Å²) in [6.07, 6.45) is 3.65. The van der Waals surface area contributed by atoms with Crippen LogP contribution in [0.4, 0.5) is 0 Å². The highest BCUT2D eigenvalue weighted by Gasteiger charge is 2.37. The average Bonchev–Trinajstić information content (AvgIpc) is 2.87. The summed E-state index contributed by atoms with van der Waals surface area (Å²) in [6, 6.07) is 5.94. The van der Waals surface area contributed by atoms with Crippen LogP contribution in [0.3, 0.4) is 0 Å². The number of ether oxygens (including phenoxy) is 2. The summed E-state index contributed by atoms with van der Waals surface area (Å²) in [5, 5.41) is 9.26. The van der Waals surface area contributed by atoms with Crippen molar-refractivity contribution in [1.82, 2.24) is 16.0 Å². The first-order valence-electron chi connectivity index (χ1n) is 9.38. The second-order valence-corrected chi connectivity index (χ2v) is 7.22. The van der Waals surface area contributed by atoms with Crippen molar-refractivity contribution >= 4 is 11.8 Å². The minimum absolute atomic E-state index is 0.0212. The van der Waals surface area contributed by atoms with Gasteiger partial charge in [0.05, 0.1) is 32.2 Å². The fourth-order valence-corrected chi connectivity index (χ4v) is 4.02. The minimum atomic E-state index is -0.0548. The molecular formula is C19H25N3O4. The van der Waals surface area contributed by atoms with Crippen LogP contribution in [0.15, 0.2) is 18.2 Å². The Morgan fingerprint density at radius 3 is 2.92 bits per heavy atom. The van der Waals surface area contributed by atoms with E-state index in [4.69, 9.17) is 9.47 Å². The van der Waals surface area contributed by atoms with Crippen molar-refractivity contribution in [1.29, 1.82) is 0 Å². The standard InChI is InChI=1S/C19H25N3O4/c23-18(9-12-2-5-16-17(8-12)26-7-1-6-25-16)22-13-3-4-15-14(10-13)19(24)21-11-20-15/h2,5,8,13-15,20H,1,3-4,6-7,9-11H2,(H,21,24)(H,22,23). The summed E-state index contributed by atoms with van der Waals surface area (Å²) in [4.78, 5) is 24.5. The molecule has 3 atom stereocenters. The lowest BCUT2D eigenvalue weighted by Crippen LogP contribution is -2.59. The van der Waals surface area contributed by atoms with Gasteiger partial charge in [-0.2, -0.15) is 0 Å². The maximum atomic E-state index is 12.5. The zero-order valence-corrected chi connectivity index (χ0v) is 14.8. The van der Waals surface area contributed by atoms with E-state index in [9.17, 15) is 9.59 Å². The van der Waals surface area contributed by atoms with Crippen LogP contribution in [0, 0.1) is 5.92 Å². The second-order valence-electron chi connectivity index (χ2n) is 7.22. The molecule has 4 rings (SSSR count). The molecule has 0 radical (unpaired) electrons. The first-order chi connectivity index (χ1) is 12.7. The number of hydrogen-bond donors (Lipinski definition) is 3. The quantitative estimate of drug-likeness (QED) is 0.740. The smallest absolute Gasteiger partial charge is 0.225 e. The largest absolute Gasteiger partial charge is 0.490 e. The highest BCUT2D eigenvalue weighted by molar-refractivity contribution is 5.81. The van der Waals surface area contributed by atoms with Crippen molar-refractivity contribution in [3.63, 3.8) is 0 Å². The fourth-order valence-electron chi connectivity index (χ4n) is 4.02. The van der Waals surface area contributed by atoms with Gasteiger partial charge in [-0.25, -0.2) is 0 Å². The molecule has 2 aliphatic heterocycles. The number of hydrogen-bond acceptors (Lipinski definition) is 5. The third-order valence-corrected chi connectivity index (χ3v) is 5.36. The molecule has 0 spiro atoms. The van der Waals surface area contributed by atoms with E-state index < -0.39 is 0 Å². The van der Waals surface area contributed by atoms with E-state index in [-0.39, 0.29) is 29.8 Å².